The summed E-state index contributed by atoms with van der Waals surface area (Å²) >= 11 is 0. The van der Waals surface area contributed by atoms with Crippen molar-refractivity contribution in [3.05, 3.63) is 71.8 Å². The third-order valence-corrected chi connectivity index (χ3v) is 5.18. The highest BCUT2D eigenvalue weighted by Crippen LogP contribution is 2.33. The van der Waals surface area contributed by atoms with Crippen LogP contribution in [0.4, 0.5) is 0 Å². The molecule has 1 saturated heterocycles. The highest BCUT2D eigenvalue weighted by atomic mass is 15.2. The van der Waals surface area contributed by atoms with Crippen LogP contribution in [0.25, 0.3) is 0 Å². The first kappa shape index (κ1) is 17.2. The van der Waals surface area contributed by atoms with Gasteiger partial charge in [-0.1, -0.05) is 74.6 Å². The van der Waals surface area contributed by atoms with Gasteiger partial charge in [-0.05, 0) is 30.6 Å². The SMILES string of the molecule is CNCC1CN(Cc2ccccc2)C[C@H]1C1=CC=CC(C)(C)C=C1. The molecule has 1 aromatic carbocycles. The normalized spacial score (nSPS) is 26.4. The third-order valence-electron chi connectivity index (χ3n) is 5.18. The van der Waals surface area contributed by atoms with Crippen LogP contribution in [-0.2, 0) is 6.54 Å². The van der Waals surface area contributed by atoms with Crippen LogP contribution in [-0.4, -0.2) is 31.6 Å². The number of nitrogens with zero attached hydrogens (tertiary/aromatic N) is 1. The minimum Gasteiger partial charge on any atom is -0.319 e. The molecule has 1 aliphatic carbocycles. The summed E-state index contributed by atoms with van der Waals surface area (Å²) in [5.41, 5.74) is 3.04. The van der Waals surface area contributed by atoms with Crippen LogP contribution in [0, 0.1) is 17.3 Å². The fourth-order valence-electron chi connectivity index (χ4n) is 3.85. The van der Waals surface area contributed by atoms with Crippen molar-refractivity contribution in [2.75, 3.05) is 26.7 Å². The van der Waals surface area contributed by atoms with Gasteiger partial charge in [0.15, 0.2) is 0 Å². The minimum atomic E-state index is 0.152. The fourth-order valence-corrected chi connectivity index (χ4v) is 3.85. The molecule has 2 heteroatoms. The molecule has 1 N–H and O–H groups in total. The van der Waals surface area contributed by atoms with E-state index < -0.39 is 0 Å². The van der Waals surface area contributed by atoms with Crippen molar-refractivity contribution in [2.45, 2.75) is 20.4 Å². The van der Waals surface area contributed by atoms with E-state index in [1.54, 1.807) is 0 Å². The number of rotatable bonds is 5. The zero-order valence-corrected chi connectivity index (χ0v) is 15.2. The Labute approximate surface area is 146 Å². The lowest BCUT2D eigenvalue weighted by Crippen LogP contribution is -2.26. The van der Waals surface area contributed by atoms with E-state index in [4.69, 9.17) is 0 Å². The lowest BCUT2D eigenvalue weighted by molar-refractivity contribution is 0.314. The second-order valence-corrected chi connectivity index (χ2v) is 7.78. The number of hydrogen-bond acceptors (Lipinski definition) is 2. The van der Waals surface area contributed by atoms with Crippen LogP contribution in [0.5, 0.6) is 0 Å². The fraction of sp³-hybridized carbons (Fsp3) is 0.455. The van der Waals surface area contributed by atoms with E-state index in [0.29, 0.717) is 11.8 Å². The Morgan fingerprint density at radius 1 is 1.12 bits per heavy atom. The van der Waals surface area contributed by atoms with Crippen LogP contribution in [0.3, 0.4) is 0 Å². The standard InChI is InChI=1S/C22H30N2/c1-22(2)12-7-10-19(11-13-22)21-17-24(16-20(21)14-23-3)15-18-8-5-4-6-9-18/h4-13,20-21,23H,14-17H2,1-3H3/t20?,21-/m0/s1. The van der Waals surface area contributed by atoms with Gasteiger partial charge in [-0.15, -0.1) is 0 Å². The van der Waals surface area contributed by atoms with Gasteiger partial charge >= 0.3 is 0 Å². The zero-order valence-electron chi connectivity index (χ0n) is 15.2. The highest BCUT2D eigenvalue weighted by molar-refractivity contribution is 5.34. The Morgan fingerprint density at radius 2 is 1.92 bits per heavy atom. The molecule has 0 aromatic heterocycles. The number of allylic oxidation sites excluding steroid dienone is 5. The zero-order chi connectivity index (χ0) is 17.0. The average molecular weight is 322 g/mol. The third kappa shape index (κ3) is 4.25. The minimum absolute atomic E-state index is 0.152. The predicted octanol–water partition coefficient (Wildman–Crippen LogP) is 4.03. The number of benzene rings is 1. The summed E-state index contributed by atoms with van der Waals surface area (Å²) in [6.45, 7) is 8.96. The molecule has 2 atom stereocenters. The van der Waals surface area contributed by atoms with Crippen molar-refractivity contribution >= 4 is 0 Å². The van der Waals surface area contributed by atoms with Gasteiger partial charge < -0.3 is 5.32 Å². The number of likely N-dealkylation sites (tertiary alicyclic amines) is 1. The molecule has 0 bridgehead atoms. The molecule has 1 unspecified atom stereocenters. The molecule has 0 saturated carbocycles. The first-order valence-electron chi connectivity index (χ1n) is 9.07. The topological polar surface area (TPSA) is 15.3 Å². The summed E-state index contributed by atoms with van der Waals surface area (Å²) in [5, 5.41) is 3.40. The van der Waals surface area contributed by atoms with Gasteiger partial charge in [-0.2, -0.15) is 0 Å². The Hall–Kier alpha value is -1.64. The smallest absolute Gasteiger partial charge is 0.0234 e. The largest absolute Gasteiger partial charge is 0.319 e. The average Bonchev–Trinajstić information content (AvgIpc) is 2.84. The van der Waals surface area contributed by atoms with E-state index >= 15 is 0 Å². The van der Waals surface area contributed by atoms with Crippen molar-refractivity contribution in [2.24, 2.45) is 17.3 Å². The van der Waals surface area contributed by atoms with Crippen LogP contribution >= 0.6 is 0 Å². The lowest BCUT2D eigenvalue weighted by Gasteiger charge is -2.19. The molecule has 0 amide bonds. The summed E-state index contributed by atoms with van der Waals surface area (Å²) in [4.78, 5) is 2.61. The van der Waals surface area contributed by atoms with Gasteiger partial charge in [-0.25, -0.2) is 0 Å². The van der Waals surface area contributed by atoms with E-state index in [-0.39, 0.29) is 5.41 Å². The second-order valence-electron chi connectivity index (χ2n) is 7.78. The Kier molecular flexibility index (Phi) is 5.37. The summed E-state index contributed by atoms with van der Waals surface area (Å²) in [6.07, 6.45) is 11.6. The number of nitrogens with one attached hydrogen (secondary N) is 1. The van der Waals surface area contributed by atoms with Gasteiger partial charge in [0.1, 0.15) is 0 Å². The molecule has 0 spiro atoms. The van der Waals surface area contributed by atoms with E-state index in [1.165, 1.54) is 17.7 Å². The summed E-state index contributed by atoms with van der Waals surface area (Å²) in [7, 11) is 2.07. The molecule has 3 rings (SSSR count). The molecule has 1 aliphatic heterocycles. The highest BCUT2D eigenvalue weighted by Gasteiger charge is 2.34. The lowest BCUT2D eigenvalue weighted by atomic mass is 9.87. The second kappa shape index (κ2) is 7.50. The number of hydrogen-bond donors (Lipinski definition) is 1. The first-order chi connectivity index (χ1) is 11.6. The monoisotopic (exact) mass is 322 g/mol. The van der Waals surface area contributed by atoms with Crippen molar-refractivity contribution in [1.29, 1.82) is 0 Å². The summed E-state index contributed by atoms with van der Waals surface area (Å²) < 4.78 is 0. The molecule has 2 nitrogen and oxygen atoms in total. The molecule has 0 radical (unpaired) electrons. The van der Waals surface area contributed by atoms with Crippen LogP contribution < -0.4 is 5.32 Å². The van der Waals surface area contributed by atoms with Crippen molar-refractivity contribution < 1.29 is 0 Å². The van der Waals surface area contributed by atoms with Gasteiger partial charge in [0.05, 0.1) is 0 Å². The van der Waals surface area contributed by atoms with Gasteiger partial charge in [-0.3, -0.25) is 4.90 Å². The molecule has 1 fully saturated rings. The van der Waals surface area contributed by atoms with Crippen molar-refractivity contribution in [3.8, 4) is 0 Å². The first-order valence-corrected chi connectivity index (χ1v) is 9.07. The van der Waals surface area contributed by atoms with Gasteiger partial charge in [0, 0.05) is 31.0 Å². The Bertz CT molecular complexity index is 625. The predicted molar refractivity (Wildman–Crippen MR) is 103 cm³/mol. The molecular weight excluding hydrogens is 292 g/mol. The van der Waals surface area contributed by atoms with Crippen LogP contribution in [0.2, 0.25) is 0 Å². The van der Waals surface area contributed by atoms with E-state index in [1.807, 2.05) is 0 Å². The molecule has 2 aliphatic rings. The Balaban J connectivity index is 1.74. The molecule has 128 valence electrons. The molecule has 1 aromatic rings. The van der Waals surface area contributed by atoms with E-state index in [2.05, 4.69) is 91.8 Å². The van der Waals surface area contributed by atoms with Gasteiger partial charge in [0.2, 0.25) is 0 Å². The maximum absolute atomic E-state index is 3.40. The van der Waals surface area contributed by atoms with E-state index in [0.717, 1.165) is 19.6 Å². The van der Waals surface area contributed by atoms with Crippen molar-refractivity contribution in [3.63, 3.8) is 0 Å². The maximum Gasteiger partial charge on any atom is 0.0234 e. The van der Waals surface area contributed by atoms with Gasteiger partial charge in [0.25, 0.3) is 0 Å². The summed E-state index contributed by atoms with van der Waals surface area (Å²) in [6, 6.07) is 10.8. The summed E-state index contributed by atoms with van der Waals surface area (Å²) in [5.74, 6) is 1.28. The van der Waals surface area contributed by atoms with Crippen LogP contribution in [0.1, 0.15) is 19.4 Å². The van der Waals surface area contributed by atoms with Crippen molar-refractivity contribution in [1.82, 2.24) is 10.2 Å². The van der Waals surface area contributed by atoms with E-state index in [9.17, 15) is 0 Å². The molecule has 1 heterocycles. The van der Waals surface area contributed by atoms with Crippen LogP contribution in [0.15, 0.2) is 66.3 Å². The molecular formula is C22H30N2. The quantitative estimate of drug-likeness (QED) is 0.880. The molecule has 24 heavy (non-hydrogen) atoms. The maximum atomic E-state index is 3.40. The Morgan fingerprint density at radius 3 is 2.67 bits per heavy atom.